The Bertz CT molecular complexity index is 1510. The number of aromatic nitrogens is 3. The summed E-state index contributed by atoms with van der Waals surface area (Å²) in [5, 5.41) is 0. The van der Waals surface area contributed by atoms with Crippen molar-refractivity contribution in [3.8, 4) is 17.1 Å². The van der Waals surface area contributed by atoms with Crippen LogP contribution >= 0.6 is 0 Å². The van der Waals surface area contributed by atoms with Crippen LogP contribution in [0.3, 0.4) is 0 Å². The van der Waals surface area contributed by atoms with Gasteiger partial charge in [0.2, 0.25) is 11.5 Å². The highest BCUT2D eigenvalue weighted by Gasteiger charge is 2.33. The summed E-state index contributed by atoms with van der Waals surface area (Å²) in [6, 6.07) is 25.9. The van der Waals surface area contributed by atoms with E-state index in [9.17, 15) is 9.59 Å². The summed E-state index contributed by atoms with van der Waals surface area (Å²) in [5.41, 5.74) is 3.38. The number of carbonyl (C=O) groups is 2. The molecule has 3 aromatic carbocycles. The Morgan fingerprint density at radius 1 is 0.719 bits per heavy atom. The second-order valence-electron chi connectivity index (χ2n) is 7.42. The molecule has 6 rings (SSSR count). The number of Topliss-reactive ketones (excluding diaryl/α,β-unsaturated/α-hetero) is 2. The van der Waals surface area contributed by atoms with E-state index in [0.717, 1.165) is 11.3 Å². The summed E-state index contributed by atoms with van der Waals surface area (Å²) in [7, 11) is 0. The van der Waals surface area contributed by atoms with Crippen molar-refractivity contribution in [3.63, 3.8) is 0 Å². The molecule has 6 nitrogen and oxygen atoms in total. The van der Waals surface area contributed by atoms with E-state index in [1.54, 1.807) is 28.8 Å². The molecule has 2 heterocycles. The molecule has 152 valence electrons. The van der Waals surface area contributed by atoms with E-state index in [1.807, 2.05) is 60.7 Å². The van der Waals surface area contributed by atoms with Crippen LogP contribution in [0.4, 0.5) is 0 Å². The van der Waals surface area contributed by atoms with Gasteiger partial charge in [0.15, 0.2) is 11.6 Å². The molecule has 2 aromatic heterocycles. The van der Waals surface area contributed by atoms with Crippen molar-refractivity contribution in [2.45, 2.75) is 0 Å². The molecule has 32 heavy (non-hydrogen) atoms. The lowest BCUT2D eigenvalue weighted by Crippen LogP contribution is -2.04. The van der Waals surface area contributed by atoms with Crippen molar-refractivity contribution >= 4 is 29.0 Å². The first-order valence-corrected chi connectivity index (χ1v) is 10.1. The molecule has 0 saturated heterocycles. The Labute approximate surface area is 182 Å². The molecule has 0 bridgehead atoms. The number of oxazole rings is 1. The van der Waals surface area contributed by atoms with Crippen molar-refractivity contribution in [2.75, 3.05) is 0 Å². The predicted molar refractivity (Wildman–Crippen MR) is 120 cm³/mol. The van der Waals surface area contributed by atoms with Gasteiger partial charge in [-0.3, -0.25) is 14.2 Å². The third kappa shape index (κ3) is 2.74. The number of benzene rings is 3. The van der Waals surface area contributed by atoms with Crippen molar-refractivity contribution in [1.29, 1.82) is 0 Å². The van der Waals surface area contributed by atoms with Gasteiger partial charge in [-0.05, 0) is 30.3 Å². The Kier molecular flexibility index (Phi) is 3.98. The van der Waals surface area contributed by atoms with Gasteiger partial charge in [0.05, 0.1) is 5.57 Å². The van der Waals surface area contributed by atoms with Gasteiger partial charge in [0, 0.05) is 22.4 Å². The summed E-state index contributed by atoms with van der Waals surface area (Å²) in [6.45, 7) is 0. The molecular weight excluding hydrogens is 402 g/mol. The molecule has 0 unspecified atom stereocenters. The van der Waals surface area contributed by atoms with Gasteiger partial charge in [-0.2, -0.15) is 9.97 Å². The van der Waals surface area contributed by atoms with E-state index in [0.29, 0.717) is 34.2 Å². The largest absolute Gasteiger partial charge is 0.416 e. The van der Waals surface area contributed by atoms with E-state index >= 15 is 0 Å². The second kappa shape index (κ2) is 6.99. The minimum absolute atomic E-state index is 0.0827. The smallest absolute Gasteiger partial charge is 0.267 e. The molecule has 0 N–H and O–H groups in total. The SMILES string of the molecule is O=C1C(=Cc2nc3oc(-c4ccccc4)nc3n2-c2ccccc2)C(=O)c2ccccc21. The quantitative estimate of drug-likeness (QED) is 0.300. The highest BCUT2D eigenvalue weighted by atomic mass is 16.4. The van der Waals surface area contributed by atoms with E-state index in [4.69, 9.17) is 4.42 Å². The van der Waals surface area contributed by atoms with Crippen molar-refractivity contribution in [1.82, 2.24) is 14.5 Å². The average Bonchev–Trinajstić information content (AvgIpc) is 3.47. The molecular formula is C26H15N3O3. The van der Waals surface area contributed by atoms with Gasteiger partial charge in [0.1, 0.15) is 5.82 Å². The Morgan fingerprint density at radius 2 is 1.31 bits per heavy atom. The molecule has 1 aliphatic rings. The molecule has 6 heteroatoms. The number of fused-ring (bicyclic) bond motifs is 2. The van der Waals surface area contributed by atoms with Gasteiger partial charge in [-0.25, -0.2) is 0 Å². The maximum atomic E-state index is 12.9. The fourth-order valence-electron chi connectivity index (χ4n) is 3.95. The Balaban J connectivity index is 1.55. The number of hydrogen-bond acceptors (Lipinski definition) is 5. The van der Waals surface area contributed by atoms with Gasteiger partial charge in [-0.15, -0.1) is 0 Å². The molecule has 0 atom stereocenters. The zero-order valence-corrected chi connectivity index (χ0v) is 16.7. The van der Waals surface area contributed by atoms with Gasteiger partial charge in [-0.1, -0.05) is 60.7 Å². The minimum atomic E-state index is -0.303. The Hall–Kier alpha value is -4.58. The average molecular weight is 417 g/mol. The number of nitrogens with zero attached hydrogens (tertiary/aromatic N) is 3. The lowest BCUT2D eigenvalue weighted by atomic mass is 10.1. The predicted octanol–water partition coefficient (Wildman–Crippen LogP) is 5.14. The van der Waals surface area contributed by atoms with E-state index in [2.05, 4.69) is 9.97 Å². The number of carbonyl (C=O) groups excluding carboxylic acids is 2. The molecule has 0 saturated carbocycles. The highest BCUT2D eigenvalue weighted by molar-refractivity contribution is 6.41. The topological polar surface area (TPSA) is 78.0 Å². The maximum absolute atomic E-state index is 12.9. The summed E-state index contributed by atoms with van der Waals surface area (Å²) >= 11 is 0. The van der Waals surface area contributed by atoms with Crippen LogP contribution in [0.15, 0.2) is 94.9 Å². The van der Waals surface area contributed by atoms with E-state index in [-0.39, 0.29) is 17.1 Å². The van der Waals surface area contributed by atoms with Crippen LogP contribution in [0, 0.1) is 0 Å². The summed E-state index contributed by atoms with van der Waals surface area (Å²) in [5.74, 6) is 0.250. The minimum Gasteiger partial charge on any atom is -0.416 e. The summed E-state index contributed by atoms with van der Waals surface area (Å²) in [4.78, 5) is 35.0. The molecule has 0 radical (unpaired) electrons. The number of para-hydroxylation sites is 1. The zero-order chi connectivity index (χ0) is 21.7. The van der Waals surface area contributed by atoms with E-state index in [1.165, 1.54) is 6.08 Å². The normalized spacial score (nSPS) is 13.1. The van der Waals surface area contributed by atoms with Crippen LogP contribution in [-0.2, 0) is 0 Å². The molecule has 1 aliphatic carbocycles. The number of ketones is 2. The fraction of sp³-hybridized carbons (Fsp3) is 0. The third-order valence-corrected chi connectivity index (χ3v) is 5.46. The first-order chi connectivity index (χ1) is 15.7. The lowest BCUT2D eigenvalue weighted by molar-refractivity contribution is 0.0990. The summed E-state index contributed by atoms with van der Waals surface area (Å²) in [6.07, 6.45) is 1.52. The van der Waals surface area contributed by atoms with Gasteiger partial charge >= 0.3 is 0 Å². The van der Waals surface area contributed by atoms with Crippen LogP contribution in [0.5, 0.6) is 0 Å². The highest BCUT2D eigenvalue weighted by Crippen LogP contribution is 2.31. The fourth-order valence-corrected chi connectivity index (χ4v) is 3.95. The van der Waals surface area contributed by atoms with Gasteiger partial charge < -0.3 is 4.42 Å². The van der Waals surface area contributed by atoms with Crippen LogP contribution < -0.4 is 0 Å². The zero-order valence-electron chi connectivity index (χ0n) is 16.7. The lowest BCUT2D eigenvalue weighted by Gasteiger charge is -2.05. The third-order valence-electron chi connectivity index (χ3n) is 5.46. The van der Waals surface area contributed by atoms with Crippen molar-refractivity contribution in [2.24, 2.45) is 0 Å². The van der Waals surface area contributed by atoms with Crippen LogP contribution in [0.1, 0.15) is 26.5 Å². The number of imidazole rings is 1. The second-order valence-corrected chi connectivity index (χ2v) is 7.42. The molecule has 0 amide bonds. The van der Waals surface area contributed by atoms with Crippen LogP contribution in [0.25, 0.3) is 34.6 Å². The summed E-state index contributed by atoms with van der Waals surface area (Å²) < 4.78 is 7.73. The number of rotatable bonds is 3. The van der Waals surface area contributed by atoms with Crippen molar-refractivity contribution in [3.05, 3.63) is 107 Å². The standard InChI is InChI=1S/C26H15N3O3/c30-22-18-13-7-8-14-19(18)23(31)20(22)15-21-27-26-24(29(21)17-11-5-2-6-12-17)28-25(32-26)16-9-3-1-4-10-16/h1-15H. The van der Waals surface area contributed by atoms with E-state index < -0.39 is 0 Å². The maximum Gasteiger partial charge on any atom is 0.267 e. The number of hydrogen-bond donors (Lipinski definition) is 0. The molecule has 0 fully saturated rings. The van der Waals surface area contributed by atoms with Crippen LogP contribution in [0.2, 0.25) is 0 Å². The first kappa shape index (κ1) is 18.2. The molecule has 0 aliphatic heterocycles. The van der Waals surface area contributed by atoms with Crippen LogP contribution in [-0.4, -0.2) is 26.1 Å². The Morgan fingerprint density at radius 3 is 1.97 bits per heavy atom. The molecule has 0 spiro atoms. The number of allylic oxidation sites excluding steroid dienone is 1. The monoisotopic (exact) mass is 417 g/mol. The van der Waals surface area contributed by atoms with Gasteiger partial charge in [0.25, 0.3) is 5.71 Å². The molecule has 5 aromatic rings. The van der Waals surface area contributed by atoms with Crippen molar-refractivity contribution < 1.29 is 14.0 Å². The first-order valence-electron chi connectivity index (χ1n) is 10.1.